The molecule has 13 heavy (non-hydrogen) atoms. The van der Waals surface area contributed by atoms with Crippen molar-refractivity contribution >= 4 is 6.29 Å². The van der Waals surface area contributed by atoms with Crippen LogP contribution in [0, 0.1) is 5.82 Å². The van der Waals surface area contributed by atoms with Crippen molar-refractivity contribution in [3.63, 3.8) is 0 Å². The highest BCUT2D eigenvalue weighted by Crippen LogP contribution is 2.17. The Balaban J connectivity index is 3.01. The summed E-state index contributed by atoms with van der Waals surface area (Å²) in [6, 6.07) is 0.670. The number of hydrogen-bond donors (Lipinski definition) is 0. The number of ether oxygens (including phenoxy) is 1. The largest absolute Gasteiger partial charge is 0.432 e. The van der Waals surface area contributed by atoms with Gasteiger partial charge in [-0.1, -0.05) is 0 Å². The zero-order valence-corrected chi connectivity index (χ0v) is 6.21. The van der Waals surface area contributed by atoms with E-state index in [0.29, 0.717) is 6.07 Å². The van der Waals surface area contributed by atoms with Gasteiger partial charge in [-0.2, -0.15) is 8.78 Å². The Hall–Kier alpha value is -1.59. The van der Waals surface area contributed by atoms with Gasteiger partial charge in [0.2, 0.25) is 0 Å². The molecule has 1 aromatic heterocycles. The molecule has 1 rings (SSSR count). The summed E-state index contributed by atoms with van der Waals surface area (Å²) in [5, 5.41) is 0. The lowest BCUT2D eigenvalue weighted by Crippen LogP contribution is -2.05. The van der Waals surface area contributed by atoms with Gasteiger partial charge in [-0.25, -0.2) is 9.37 Å². The Morgan fingerprint density at radius 3 is 2.77 bits per heavy atom. The maximum absolute atomic E-state index is 12.4. The van der Waals surface area contributed by atoms with E-state index in [2.05, 4.69) is 9.72 Å². The second-order valence-corrected chi connectivity index (χ2v) is 2.03. The van der Waals surface area contributed by atoms with Crippen LogP contribution in [0.3, 0.4) is 0 Å². The molecule has 0 unspecified atom stereocenters. The summed E-state index contributed by atoms with van der Waals surface area (Å²) in [5.74, 6) is -1.41. The first-order valence-electron chi connectivity index (χ1n) is 3.19. The third-order valence-electron chi connectivity index (χ3n) is 1.18. The standard InChI is InChI=1S/C7H4F3NO2/c8-4-1-6(13-7(9)10)5(3-12)11-2-4/h1-3,7H. The van der Waals surface area contributed by atoms with Crippen LogP contribution < -0.4 is 4.74 Å². The minimum Gasteiger partial charge on any atom is -0.432 e. The second kappa shape index (κ2) is 3.88. The van der Waals surface area contributed by atoms with Gasteiger partial charge in [-0.3, -0.25) is 4.79 Å². The van der Waals surface area contributed by atoms with Crippen molar-refractivity contribution in [3.05, 3.63) is 23.8 Å². The third-order valence-corrected chi connectivity index (χ3v) is 1.18. The Kier molecular flexibility index (Phi) is 2.84. The molecule has 0 aliphatic carbocycles. The van der Waals surface area contributed by atoms with Crippen LogP contribution in [0.5, 0.6) is 5.75 Å². The SMILES string of the molecule is O=Cc1ncc(F)cc1OC(F)F. The van der Waals surface area contributed by atoms with Crippen molar-refractivity contribution in [2.45, 2.75) is 6.61 Å². The molecule has 0 aliphatic rings. The van der Waals surface area contributed by atoms with Crippen LogP contribution >= 0.6 is 0 Å². The highest BCUT2D eigenvalue weighted by molar-refractivity contribution is 5.76. The summed E-state index contributed by atoms with van der Waals surface area (Å²) >= 11 is 0. The lowest BCUT2D eigenvalue weighted by Gasteiger charge is -2.05. The minimum atomic E-state index is -3.11. The highest BCUT2D eigenvalue weighted by Gasteiger charge is 2.11. The maximum atomic E-state index is 12.4. The first kappa shape index (κ1) is 9.50. The molecule has 0 aromatic carbocycles. The molecule has 0 aliphatic heterocycles. The first-order chi connectivity index (χ1) is 6.13. The number of halogens is 3. The van der Waals surface area contributed by atoms with E-state index in [1.54, 1.807) is 0 Å². The van der Waals surface area contributed by atoms with E-state index in [1.807, 2.05) is 0 Å². The van der Waals surface area contributed by atoms with Crippen molar-refractivity contribution in [2.75, 3.05) is 0 Å². The quantitative estimate of drug-likeness (QED) is 0.681. The average molecular weight is 191 g/mol. The van der Waals surface area contributed by atoms with Gasteiger partial charge in [0.05, 0.1) is 6.20 Å². The van der Waals surface area contributed by atoms with E-state index in [9.17, 15) is 18.0 Å². The summed E-state index contributed by atoms with van der Waals surface area (Å²) in [4.78, 5) is 13.5. The zero-order valence-electron chi connectivity index (χ0n) is 6.21. The predicted molar refractivity (Wildman–Crippen MR) is 36.2 cm³/mol. The van der Waals surface area contributed by atoms with Crippen LogP contribution in [0.2, 0.25) is 0 Å². The van der Waals surface area contributed by atoms with Crippen LogP contribution in [-0.4, -0.2) is 17.9 Å². The van der Waals surface area contributed by atoms with Crippen molar-refractivity contribution < 1.29 is 22.7 Å². The molecule has 0 amide bonds. The molecule has 0 saturated heterocycles. The highest BCUT2D eigenvalue weighted by atomic mass is 19.3. The smallest absolute Gasteiger partial charge is 0.387 e. The van der Waals surface area contributed by atoms with E-state index in [4.69, 9.17) is 0 Å². The summed E-state index contributed by atoms with van der Waals surface area (Å²) in [5.41, 5.74) is -0.360. The third kappa shape index (κ3) is 2.43. The number of rotatable bonds is 3. The summed E-state index contributed by atoms with van der Waals surface area (Å²) < 4.78 is 39.6. The van der Waals surface area contributed by atoms with Crippen molar-refractivity contribution in [1.29, 1.82) is 0 Å². The van der Waals surface area contributed by atoms with Gasteiger partial charge in [0, 0.05) is 6.07 Å². The molecular weight excluding hydrogens is 187 g/mol. The van der Waals surface area contributed by atoms with E-state index in [1.165, 1.54) is 0 Å². The molecule has 0 fully saturated rings. The maximum Gasteiger partial charge on any atom is 0.387 e. The van der Waals surface area contributed by atoms with E-state index in [-0.39, 0.29) is 12.0 Å². The van der Waals surface area contributed by atoms with Crippen LogP contribution in [0.4, 0.5) is 13.2 Å². The molecule has 0 radical (unpaired) electrons. The number of nitrogens with zero attached hydrogens (tertiary/aromatic N) is 1. The molecule has 0 saturated carbocycles. The minimum absolute atomic E-state index is 0.206. The van der Waals surface area contributed by atoms with E-state index >= 15 is 0 Å². The summed E-state index contributed by atoms with van der Waals surface area (Å²) in [7, 11) is 0. The summed E-state index contributed by atoms with van der Waals surface area (Å²) in [6.07, 6.45) is 0.944. The Morgan fingerprint density at radius 2 is 2.23 bits per heavy atom. The molecule has 0 atom stereocenters. The Bertz CT molecular complexity index is 317. The van der Waals surface area contributed by atoms with Crippen LogP contribution in [0.1, 0.15) is 10.5 Å². The number of pyridine rings is 1. The van der Waals surface area contributed by atoms with Crippen molar-refractivity contribution in [2.24, 2.45) is 0 Å². The fraction of sp³-hybridized carbons (Fsp3) is 0.143. The van der Waals surface area contributed by atoms with Crippen LogP contribution in [0.25, 0.3) is 0 Å². The van der Waals surface area contributed by atoms with Crippen LogP contribution in [0.15, 0.2) is 12.3 Å². The topological polar surface area (TPSA) is 39.2 Å². The van der Waals surface area contributed by atoms with Crippen molar-refractivity contribution in [1.82, 2.24) is 4.98 Å². The van der Waals surface area contributed by atoms with Crippen molar-refractivity contribution in [3.8, 4) is 5.75 Å². The Labute approximate surface area is 71.2 Å². The van der Waals surface area contributed by atoms with Gasteiger partial charge in [-0.05, 0) is 0 Å². The molecule has 0 spiro atoms. The first-order valence-corrected chi connectivity index (χ1v) is 3.19. The lowest BCUT2D eigenvalue weighted by molar-refractivity contribution is -0.0504. The van der Waals surface area contributed by atoms with Gasteiger partial charge < -0.3 is 4.74 Å². The zero-order chi connectivity index (χ0) is 9.84. The molecule has 1 aromatic rings. The number of aldehydes is 1. The number of hydrogen-bond acceptors (Lipinski definition) is 3. The number of carbonyl (C=O) groups is 1. The monoisotopic (exact) mass is 191 g/mol. The molecule has 0 bridgehead atoms. The normalized spacial score (nSPS) is 10.2. The number of carbonyl (C=O) groups excluding carboxylic acids is 1. The van der Waals surface area contributed by atoms with Gasteiger partial charge in [0.25, 0.3) is 0 Å². The molecular formula is C7H4F3NO2. The Morgan fingerprint density at radius 1 is 1.54 bits per heavy atom. The lowest BCUT2D eigenvalue weighted by atomic mass is 10.3. The molecule has 3 nitrogen and oxygen atoms in total. The van der Waals surface area contributed by atoms with Gasteiger partial charge in [0.1, 0.15) is 11.5 Å². The number of aromatic nitrogens is 1. The molecule has 6 heteroatoms. The van der Waals surface area contributed by atoms with Gasteiger partial charge in [-0.15, -0.1) is 0 Å². The van der Waals surface area contributed by atoms with Gasteiger partial charge >= 0.3 is 6.61 Å². The van der Waals surface area contributed by atoms with Gasteiger partial charge in [0.15, 0.2) is 12.0 Å². The molecule has 70 valence electrons. The van der Waals surface area contributed by atoms with Crippen LogP contribution in [-0.2, 0) is 0 Å². The average Bonchev–Trinajstić information content (AvgIpc) is 2.03. The fourth-order valence-electron chi connectivity index (χ4n) is 0.710. The number of alkyl halides is 2. The molecule has 0 N–H and O–H groups in total. The summed E-state index contributed by atoms with van der Waals surface area (Å²) in [6.45, 7) is -3.11. The predicted octanol–water partition coefficient (Wildman–Crippen LogP) is 1.63. The van der Waals surface area contributed by atoms with E-state index in [0.717, 1.165) is 6.20 Å². The molecule has 1 heterocycles. The second-order valence-electron chi connectivity index (χ2n) is 2.03. The van der Waals surface area contributed by atoms with E-state index < -0.39 is 18.2 Å². The fourth-order valence-corrected chi connectivity index (χ4v) is 0.710.